The van der Waals surface area contributed by atoms with Crippen LogP contribution in [-0.2, 0) is 9.59 Å². The van der Waals surface area contributed by atoms with Crippen molar-refractivity contribution >= 4 is 23.2 Å². The first-order valence-electron chi connectivity index (χ1n) is 6.95. The highest BCUT2D eigenvalue weighted by Gasteiger charge is 2.08. The lowest BCUT2D eigenvalue weighted by molar-refractivity contribution is -0.117. The van der Waals surface area contributed by atoms with Crippen molar-refractivity contribution in [3.63, 3.8) is 0 Å². The Bertz CT molecular complexity index is 598. The van der Waals surface area contributed by atoms with Gasteiger partial charge in [-0.3, -0.25) is 9.59 Å². The molecule has 1 aromatic rings. The van der Waals surface area contributed by atoms with Crippen LogP contribution in [0, 0.1) is 17.2 Å². The number of benzene rings is 1. The average molecular weight is 300 g/mol. The fourth-order valence-corrected chi connectivity index (χ4v) is 1.55. The average Bonchev–Trinajstić information content (AvgIpc) is 2.46. The van der Waals surface area contributed by atoms with Gasteiger partial charge in [0.15, 0.2) is 0 Å². The second kappa shape index (κ2) is 8.47. The lowest BCUT2D eigenvalue weighted by Crippen LogP contribution is -2.28. The van der Waals surface area contributed by atoms with E-state index in [4.69, 9.17) is 5.26 Å². The Balaban J connectivity index is 2.66. The predicted octanol–water partition coefficient (Wildman–Crippen LogP) is 2.24. The minimum Gasteiger partial charge on any atom is -0.360 e. The smallest absolute Gasteiger partial charge is 0.263 e. The van der Waals surface area contributed by atoms with Gasteiger partial charge in [0.05, 0.1) is 0 Å². The summed E-state index contributed by atoms with van der Waals surface area (Å²) in [6.45, 7) is 5.91. The summed E-state index contributed by atoms with van der Waals surface area (Å²) in [4.78, 5) is 22.7. The Hall–Kier alpha value is -2.81. The molecule has 0 radical (unpaired) electrons. The zero-order valence-corrected chi connectivity index (χ0v) is 12.9. The molecule has 0 bridgehead atoms. The Morgan fingerprint density at radius 1 is 1.23 bits per heavy atom. The van der Waals surface area contributed by atoms with E-state index in [9.17, 15) is 9.59 Å². The molecule has 0 unspecified atom stereocenters. The number of carbonyl (C=O) groups is 2. The first-order chi connectivity index (χ1) is 10.4. The highest BCUT2D eigenvalue weighted by molar-refractivity contribution is 5.97. The van der Waals surface area contributed by atoms with Gasteiger partial charge in [-0.15, -0.1) is 0 Å². The zero-order chi connectivity index (χ0) is 16.5. The summed E-state index contributed by atoms with van der Waals surface area (Å²) >= 11 is 0. The third-order valence-electron chi connectivity index (χ3n) is 2.62. The van der Waals surface area contributed by atoms with Crippen LogP contribution in [-0.4, -0.2) is 18.4 Å². The largest absolute Gasteiger partial charge is 0.360 e. The Labute approximate surface area is 130 Å². The van der Waals surface area contributed by atoms with Crippen LogP contribution in [0.4, 0.5) is 11.4 Å². The van der Waals surface area contributed by atoms with Gasteiger partial charge >= 0.3 is 0 Å². The van der Waals surface area contributed by atoms with Crippen molar-refractivity contribution in [3.05, 3.63) is 36.0 Å². The van der Waals surface area contributed by atoms with Gasteiger partial charge in [-0.05, 0) is 30.2 Å². The molecule has 3 N–H and O–H groups in total. The quantitative estimate of drug-likeness (QED) is 0.554. The van der Waals surface area contributed by atoms with E-state index >= 15 is 0 Å². The summed E-state index contributed by atoms with van der Waals surface area (Å²) in [7, 11) is 0. The number of hydrogen-bond acceptors (Lipinski definition) is 4. The minimum atomic E-state index is -0.404. The standard InChI is InChI=1S/C16H20N4O2/c1-11(2)9-19-16(22)13(8-17)10-18-14-4-6-15(7-5-14)20-12(3)21/h4-7,10-11,18H,9H2,1-3H3,(H,19,22)(H,20,21)/b13-10-. The van der Waals surface area contributed by atoms with Gasteiger partial charge in [-0.2, -0.15) is 5.26 Å². The molecule has 0 aromatic heterocycles. The number of hydrogen-bond donors (Lipinski definition) is 3. The van der Waals surface area contributed by atoms with Gasteiger partial charge in [0.25, 0.3) is 5.91 Å². The van der Waals surface area contributed by atoms with E-state index in [1.165, 1.54) is 13.1 Å². The lowest BCUT2D eigenvalue weighted by atomic mass is 10.2. The zero-order valence-electron chi connectivity index (χ0n) is 12.9. The van der Waals surface area contributed by atoms with Gasteiger partial charge < -0.3 is 16.0 Å². The van der Waals surface area contributed by atoms with Crippen molar-refractivity contribution in [1.82, 2.24) is 5.32 Å². The molecule has 0 aliphatic heterocycles. The van der Waals surface area contributed by atoms with Crippen molar-refractivity contribution in [2.24, 2.45) is 5.92 Å². The molecular weight excluding hydrogens is 280 g/mol. The van der Waals surface area contributed by atoms with Crippen LogP contribution in [0.5, 0.6) is 0 Å². The van der Waals surface area contributed by atoms with Gasteiger partial charge in [-0.1, -0.05) is 13.8 Å². The van der Waals surface area contributed by atoms with Gasteiger partial charge in [0.2, 0.25) is 5.91 Å². The molecule has 0 saturated carbocycles. The summed E-state index contributed by atoms with van der Waals surface area (Å²) in [5.41, 5.74) is 1.39. The van der Waals surface area contributed by atoms with Crippen LogP contribution >= 0.6 is 0 Å². The number of carbonyl (C=O) groups excluding carboxylic acids is 2. The Morgan fingerprint density at radius 3 is 2.32 bits per heavy atom. The van der Waals surface area contributed by atoms with Crippen LogP contribution < -0.4 is 16.0 Å². The van der Waals surface area contributed by atoms with Crippen molar-refractivity contribution < 1.29 is 9.59 Å². The van der Waals surface area contributed by atoms with Crippen molar-refractivity contribution in [2.45, 2.75) is 20.8 Å². The first-order valence-corrected chi connectivity index (χ1v) is 6.95. The Kier molecular flexibility index (Phi) is 6.64. The summed E-state index contributed by atoms with van der Waals surface area (Å²) in [5.74, 6) is -0.231. The molecule has 0 aliphatic rings. The molecule has 1 rings (SSSR count). The molecule has 0 saturated heterocycles. The maximum atomic E-state index is 11.8. The summed E-state index contributed by atoms with van der Waals surface area (Å²) in [5, 5.41) is 17.2. The van der Waals surface area contributed by atoms with Crippen LogP contribution in [0.15, 0.2) is 36.0 Å². The highest BCUT2D eigenvalue weighted by atomic mass is 16.2. The summed E-state index contributed by atoms with van der Waals surface area (Å²) in [6, 6.07) is 8.79. The van der Waals surface area contributed by atoms with E-state index in [1.807, 2.05) is 19.9 Å². The van der Waals surface area contributed by atoms with Crippen LogP contribution in [0.3, 0.4) is 0 Å². The monoisotopic (exact) mass is 300 g/mol. The maximum absolute atomic E-state index is 11.8. The first kappa shape index (κ1) is 17.2. The third kappa shape index (κ3) is 6.09. The second-order valence-electron chi connectivity index (χ2n) is 5.18. The molecule has 0 spiro atoms. The molecule has 116 valence electrons. The molecule has 22 heavy (non-hydrogen) atoms. The summed E-state index contributed by atoms with van der Waals surface area (Å²) in [6.07, 6.45) is 1.36. The summed E-state index contributed by atoms with van der Waals surface area (Å²) < 4.78 is 0. The predicted molar refractivity (Wildman–Crippen MR) is 85.9 cm³/mol. The van der Waals surface area contributed by atoms with Crippen molar-refractivity contribution in [1.29, 1.82) is 5.26 Å². The molecule has 0 aliphatic carbocycles. The second-order valence-corrected chi connectivity index (χ2v) is 5.18. The highest BCUT2D eigenvalue weighted by Crippen LogP contribution is 2.13. The molecule has 6 heteroatoms. The van der Waals surface area contributed by atoms with Crippen LogP contribution in [0.1, 0.15) is 20.8 Å². The Morgan fingerprint density at radius 2 is 1.82 bits per heavy atom. The van der Waals surface area contributed by atoms with E-state index in [0.717, 1.165) is 0 Å². The van der Waals surface area contributed by atoms with Gasteiger partial charge in [0, 0.05) is 31.0 Å². The number of rotatable bonds is 6. The fourth-order valence-electron chi connectivity index (χ4n) is 1.55. The molecule has 1 aromatic carbocycles. The molecule has 2 amide bonds. The normalized spacial score (nSPS) is 10.8. The van der Waals surface area contributed by atoms with E-state index in [1.54, 1.807) is 24.3 Å². The van der Waals surface area contributed by atoms with E-state index in [2.05, 4.69) is 16.0 Å². The molecule has 0 atom stereocenters. The lowest BCUT2D eigenvalue weighted by Gasteiger charge is -2.07. The van der Waals surface area contributed by atoms with Gasteiger partial charge in [0.1, 0.15) is 11.6 Å². The number of nitriles is 1. The van der Waals surface area contributed by atoms with Gasteiger partial charge in [-0.25, -0.2) is 0 Å². The SMILES string of the molecule is CC(=O)Nc1ccc(N/C=C(/C#N)C(=O)NCC(C)C)cc1. The topological polar surface area (TPSA) is 94.0 Å². The van der Waals surface area contributed by atoms with E-state index < -0.39 is 5.91 Å². The number of anilines is 2. The van der Waals surface area contributed by atoms with E-state index in [0.29, 0.717) is 23.8 Å². The number of nitrogens with zero attached hydrogens (tertiary/aromatic N) is 1. The number of nitrogens with one attached hydrogen (secondary N) is 3. The van der Waals surface area contributed by atoms with Crippen LogP contribution in [0.2, 0.25) is 0 Å². The molecule has 6 nitrogen and oxygen atoms in total. The molecular formula is C16H20N4O2. The fraction of sp³-hybridized carbons (Fsp3) is 0.312. The minimum absolute atomic E-state index is 0.00610. The maximum Gasteiger partial charge on any atom is 0.263 e. The number of amides is 2. The van der Waals surface area contributed by atoms with Crippen LogP contribution in [0.25, 0.3) is 0 Å². The third-order valence-corrected chi connectivity index (χ3v) is 2.62. The van der Waals surface area contributed by atoms with Crippen molar-refractivity contribution in [3.8, 4) is 6.07 Å². The van der Waals surface area contributed by atoms with Crippen molar-refractivity contribution in [2.75, 3.05) is 17.2 Å². The van der Waals surface area contributed by atoms with E-state index in [-0.39, 0.29) is 11.5 Å². The molecule has 0 heterocycles. The molecule has 0 fully saturated rings.